The second-order valence-electron chi connectivity index (χ2n) is 4.77. The lowest BCUT2D eigenvalue weighted by Crippen LogP contribution is -2.23. The largest absolute Gasteiger partial charge is 0.348 e. The summed E-state index contributed by atoms with van der Waals surface area (Å²) < 4.78 is 1.74. The van der Waals surface area contributed by atoms with Crippen molar-refractivity contribution in [2.24, 2.45) is 12.9 Å². The lowest BCUT2D eigenvalue weighted by atomic mass is 10.1. The molecular weight excluding hydrogens is 254 g/mol. The lowest BCUT2D eigenvalue weighted by Gasteiger charge is -2.08. The standard InChI is InChI=1S/C14H19N5O/c1-9-6-11(4-5-13(9)17-15)14(20)16-7-12-8-19(3)18-10(12)2/h4-6,8,17H,7,15H2,1-3H3,(H,16,20). The zero-order chi connectivity index (χ0) is 14.7. The van der Waals surface area contributed by atoms with E-state index in [4.69, 9.17) is 5.84 Å². The number of aromatic nitrogens is 2. The molecule has 4 N–H and O–H groups in total. The van der Waals surface area contributed by atoms with Crippen molar-refractivity contribution in [3.05, 3.63) is 46.8 Å². The summed E-state index contributed by atoms with van der Waals surface area (Å²) in [6, 6.07) is 5.34. The van der Waals surface area contributed by atoms with Crippen molar-refractivity contribution in [2.45, 2.75) is 20.4 Å². The van der Waals surface area contributed by atoms with Gasteiger partial charge in [0.15, 0.2) is 0 Å². The fourth-order valence-corrected chi connectivity index (χ4v) is 2.07. The number of benzene rings is 1. The number of carbonyl (C=O) groups is 1. The third-order valence-electron chi connectivity index (χ3n) is 3.20. The van der Waals surface area contributed by atoms with Gasteiger partial charge in [-0.25, -0.2) is 0 Å². The van der Waals surface area contributed by atoms with Crippen LogP contribution in [0.4, 0.5) is 5.69 Å². The van der Waals surface area contributed by atoms with Crippen LogP contribution in [-0.4, -0.2) is 15.7 Å². The van der Waals surface area contributed by atoms with E-state index in [9.17, 15) is 4.79 Å². The third kappa shape index (κ3) is 2.97. The van der Waals surface area contributed by atoms with Gasteiger partial charge in [-0.1, -0.05) is 0 Å². The number of amides is 1. The van der Waals surface area contributed by atoms with Crippen molar-refractivity contribution in [1.82, 2.24) is 15.1 Å². The molecular formula is C14H19N5O. The first kappa shape index (κ1) is 14.1. The number of rotatable bonds is 4. The van der Waals surface area contributed by atoms with Crippen molar-refractivity contribution < 1.29 is 4.79 Å². The van der Waals surface area contributed by atoms with Crippen LogP contribution < -0.4 is 16.6 Å². The highest BCUT2D eigenvalue weighted by atomic mass is 16.1. The van der Waals surface area contributed by atoms with Gasteiger partial charge in [-0.15, -0.1) is 0 Å². The average molecular weight is 273 g/mol. The van der Waals surface area contributed by atoms with Crippen LogP contribution in [0.15, 0.2) is 24.4 Å². The van der Waals surface area contributed by atoms with Gasteiger partial charge < -0.3 is 10.7 Å². The fourth-order valence-electron chi connectivity index (χ4n) is 2.07. The van der Waals surface area contributed by atoms with Crippen LogP contribution in [0.2, 0.25) is 0 Å². The molecule has 20 heavy (non-hydrogen) atoms. The molecule has 0 unspecified atom stereocenters. The van der Waals surface area contributed by atoms with Crippen molar-refractivity contribution in [2.75, 3.05) is 5.43 Å². The van der Waals surface area contributed by atoms with E-state index in [1.807, 2.05) is 27.1 Å². The van der Waals surface area contributed by atoms with Gasteiger partial charge in [0.2, 0.25) is 0 Å². The number of nitrogens with two attached hydrogens (primary N) is 1. The van der Waals surface area contributed by atoms with Crippen LogP contribution in [0.5, 0.6) is 0 Å². The van der Waals surface area contributed by atoms with E-state index >= 15 is 0 Å². The SMILES string of the molecule is Cc1cc(C(=O)NCc2cn(C)nc2C)ccc1NN. The highest BCUT2D eigenvalue weighted by molar-refractivity contribution is 5.94. The summed E-state index contributed by atoms with van der Waals surface area (Å²) in [6.07, 6.45) is 1.91. The van der Waals surface area contributed by atoms with E-state index in [1.54, 1.807) is 22.9 Å². The lowest BCUT2D eigenvalue weighted by molar-refractivity contribution is 0.0951. The molecule has 1 aromatic heterocycles. The van der Waals surface area contributed by atoms with Gasteiger partial charge in [-0.2, -0.15) is 5.10 Å². The maximum atomic E-state index is 12.1. The molecule has 2 rings (SSSR count). The number of anilines is 1. The minimum Gasteiger partial charge on any atom is -0.348 e. The monoisotopic (exact) mass is 273 g/mol. The van der Waals surface area contributed by atoms with Crippen LogP contribution in [0.3, 0.4) is 0 Å². The van der Waals surface area contributed by atoms with Crippen LogP contribution >= 0.6 is 0 Å². The van der Waals surface area contributed by atoms with Gasteiger partial charge in [0.25, 0.3) is 5.91 Å². The third-order valence-corrected chi connectivity index (χ3v) is 3.20. The summed E-state index contributed by atoms with van der Waals surface area (Å²) in [5.41, 5.74) is 6.87. The molecule has 2 aromatic rings. The topological polar surface area (TPSA) is 85.0 Å². The summed E-state index contributed by atoms with van der Waals surface area (Å²) in [7, 11) is 1.86. The zero-order valence-corrected chi connectivity index (χ0v) is 11.9. The normalized spacial score (nSPS) is 10.4. The number of hydrogen-bond acceptors (Lipinski definition) is 4. The Morgan fingerprint density at radius 2 is 2.15 bits per heavy atom. The smallest absolute Gasteiger partial charge is 0.251 e. The molecule has 6 nitrogen and oxygen atoms in total. The molecule has 1 aromatic carbocycles. The fraction of sp³-hybridized carbons (Fsp3) is 0.286. The first-order valence-electron chi connectivity index (χ1n) is 6.36. The van der Waals surface area contributed by atoms with E-state index in [0.717, 1.165) is 22.5 Å². The molecule has 0 saturated carbocycles. The van der Waals surface area contributed by atoms with Gasteiger partial charge in [0, 0.05) is 30.9 Å². The molecule has 0 fully saturated rings. The number of aryl methyl sites for hydroxylation is 3. The van der Waals surface area contributed by atoms with Gasteiger partial charge in [0.1, 0.15) is 0 Å². The van der Waals surface area contributed by atoms with Crippen LogP contribution in [0.1, 0.15) is 27.2 Å². The molecule has 0 atom stereocenters. The van der Waals surface area contributed by atoms with Crippen molar-refractivity contribution in [3.63, 3.8) is 0 Å². The number of carbonyl (C=O) groups excluding carboxylic acids is 1. The van der Waals surface area contributed by atoms with Crippen LogP contribution in [0.25, 0.3) is 0 Å². The van der Waals surface area contributed by atoms with Crippen molar-refractivity contribution >= 4 is 11.6 Å². The molecule has 1 heterocycles. The number of nitrogens with zero attached hydrogens (tertiary/aromatic N) is 2. The van der Waals surface area contributed by atoms with Crippen molar-refractivity contribution in [3.8, 4) is 0 Å². The number of nitrogens with one attached hydrogen (secondary N) is 2. The summed E-state index contributed by atoms with van der Waals surface area (Å²) in [5.74, 6) is 5.26. The Balaban J connectivity index is 2.05. The van der Waals surface area contributed by atoms with Gasteiger partial charge in [-0.3, -0.25) is 15.3 Å². The summed E-state index contributed by atoms with van der Waals surface area (Å²) in [6.45, 7) is 4.29. The number of hydrazine groups is 1. The molecule has 0 aliphatic rings. The van der Waals surface area contributed by atoms with Gasteiger partial charge in [0.05, 0.1) is 11.4 Å². The molecule has 0 aliphatic heterocycles. The summed E-state index contributed by atoms with van der Waals surface area (Å²) >= 11 is 0. The predicted molar refractivity (Wildman–Crippen MR) is 78.1 cm³/mol. The zero-order valence-electron chi connectivity index (χ0n) is 11.9. The first-order chi connectivity index (χ1) is 9.51. The van der Waals surface area contributed by atoms with E-state index < -0.39 is 0 Å². The minimum absolute atomic E-state index is 0.111. The molecule has 0 aliphatic carbocycles. The Hall–Kier alpha value is -2.34. The maximum Gasteiger partial charge on any atom is 0.251 e. The Morgan fingerprint density at radius 3 is 2.70 bits per heavy atom. The summed E-state index contributed by atoms with van der Waals surface area (Å²) in [4.78, 5) is 12.1. The van der Waals surface area contributed by atoms with Gasteiger partial charge in [-0.05, 0) is 37.6 Å². The molecule has 6 heteroatoms. The highest BCUT2D eigenvalue weighted by Gasteiger charge is 2.09. The first-order valence-corrected chi connectivity index (χ1v) is 6.36. The quantitative estimate of drug-likeness (QED) is 0.578. The second kappa shape index (κ2) is 5.75. The molecule has 0 saturated heterocycles. The molecule has 106 valence electrons. The maximum absolute atomic E-state index is 12.1. The van der Waals surface area contributed by atoms with Gasteiger partial charge >= 0.3 is 0 Å². The molecule has 1 amide bonds. The molecule has 0 radical (unpaired) electrons. The second-order valence-corrected chi connectivity index (χ2v) is 4.77. The molecule has 0 spiro atoms. The Bertz CT molecular complexity index is 632. The Morgan fingerprint density at radius 1 is 1.40 bits per heavy atom. The number of nitrogen functional groups attached to an aromatic ring is 1. The Kier molecular flexibility index (Phi) is 4.05. The van der Waals surface area contributed by atoms with E-state index in [2.05, 4.69) is 15.8 Å². The van der Waals surface area contributed by atoms with E-state index in [1.165, 1.54) is 0 Å². The van der Waals surface area contributed by atoms with Crippen LogP contribution in [0, 0.1) is 13.8 Å². The predicted octanol–water partition coefficient (Wildman–Crippen LogP) is 1.25. The highest BCUT2D eigenvalue weighted by Crippen LogP contribution is 2.15. The van der Waals surface area contributed by atoms with E-state index in [0.29, 0.717) is 12.1 Å². The Labute approximate surface area is 117 Å². The van der Waals surface area contributed by atoms with Crippen molar-refractivity contribution in [1.29, 1.82) is 0 Å². The van der Waals surface area contributed by atoms with Crippen LogP contribution in [-0.2, 0) is 13.6 Å². The number of hydrogen-bond donors (Lipinski definition) is 3. The average Bonchev–Trinajstić information content (AvgIpc) is 2.74. The molecule has 0 bridgehead atoms. The summed E-state index contributed by atoms with van der Waals surface area (Å²) in [5, 5.41) is 7.13. The van der Waals surface area contributed by atoms with E-state index in [-0.39, 0.29) is 5.91 Å². The minimum atomic E-state index is -0.111.